The van der Waals surface area contributed by atoms with Gasteiger partial charge in [0.15, 0.2) is 0 Å². The fourth-order valence-electron chi connectivity index (χ4n) is 3.02. The van der Waals surface area contributed by atoms with Gasteiger partial charge in [-0.25, -0.2) is 0 Å². The third kappa shape index (κ3) is 6.17. The van der Waals surface area contributed by atoms with Gasteiger partial charge in [0, 0.05) is 25.0 Å². The summed E-state index contributed by atoms with van der Waals surface area (Å²) in [5.74, 6) is 1.26. The van der Waals surface area contributed by atoms with E-state index in [0.29, 0.717) is 0 Å². The van der Waals surface area contributed by atoms with E-state index in [2.05, 4.69) is 17.1 Å². The van der Waals surface area contributed by atoms with E-state index in [-0.39, 0.29) is 42.7 Å². The zero-order chi connectivity index (χ0) is 13.0. The molecule has 0 radical (unpaired) electrons. The Morgan fingerprint density at radius 3 is 2.40 bits per heavy atom. The first-order valence-corrected chi connectivity index (χ1v) is 7.41. The van der Waals surface area contributed by atoms with E-state index in [4.69, 9.17) is 5.73 Å². The van der Waals surface area contributed by atoms with Crippen molar-refractivity contribution in [2.24, 2.45) is 17.6 Å². The summed E-state index contributed by atoms with van der Waals surface area (Å²) >= 11 is 0. The zero-order valence-corrected chi connectivity index (χ0v) is 14.0. The van der Waals surface area contributed by atoms with Gasteiger partial charge >= 0.3 is 0 Å². The first-order chi connectivity index (χ1) is 8.65. The molecule has 1 heterocycles. The molecule has 0 aromatic heterocycles. The summed E-state index contributed by atoms with van der Waals surface area (Å²) in [5.41, 5.74) is 5.83. The average molecular weight is 326 g/mol. The number of halogens is 2. The summed E-state index contributed by atoms with van der Waals surface area (Å²) in [4.78, 5) is 14.4. The first-order valence-electron chi connectivity index (χ1n) is 7.41. The van der Waals surface area contributed by atoms with Crippen LogP contribution in [0.2, 0.25) is 0 Å². The molecule has 1 saturated heterocycles. The van der Waals surface area contributed by atoms with Gasteiger partial charge in [0.2, 0.25) is 5.91 Å². The van der Waals surface area contributed by atoms with Gasteiger partial charge in [-0.1, -0.05) is 6.92 Å². The van der Waals surface area contributed by atoms with Crippen molar-refractivity contribution in [1.29, 1.82) is 0 Å². The largest absolute Gasteiger partial charge is 0.355 e. The van der Waals surface area contributed by atoms with Gasteiger partial charge < -0.3 is 16.0 Å². The topological polar surface area (TPSA) is 58.4 Å². The van der Waals surface area contributed by atoms with Crippen molar-refractivity contribution in [2.45, 2.75) is 45.1 Å². The van der Waals surface area contributed by atoms with Crippen LogP contribution in [0.15, 0.2) is 0 Å². The van der Waals surface area contributed by atoms with E-state index in [1.807, 2.05) is 0 Å². The lowest BCUT2D eigenvalue weighted by Crippen LogP contribution is -2.40. The van der Waals surface area contributed by atoms with E-state index >= 15 is 0 Å². The molecule has 2 aliphatic rings. The van der Waals surface area contributed by atoms with Gasteiger partial charge in [-0.15, -0.1) is 24.8 Å². The van der Waals surface area contributed by atoms with Crippen molar-refractivity contribution in [3.05, 3.63) is 0 Å². The van der Waals surface area contributed by atoms with Gasteiger partial charge in [0.25, 0.3) is 0 Å². The molecule has 120 valence electrons. The van der Waals surface area contributed by atoms with Crippen molar-refractivity contribution < 1.29 is 4.79 Å². The second-order valence-electron chi connectivity index (χ2n) is 6.09. The Balaban J connectivity index is 0.00000180. The van der Waals surface area contributed by atoms with E-state index in [0.717, 1.165) is 38.3 Å². The maximum absolute atomic E-state index is 11.9. The number of hydrogen-bond acceptors (Lipinski definition) is 3. The molecule has 0 bridgehead atoms. The van der Waals surface area contributed by atoms with E-state index in [1.54, 1.807) is 0 Å². The second-order valence-corrected chi connectivity index (χ2v) is 6.09. The number of nitrogens with two attached hydrogens (primary N) is 1. The molecule has 1 aliphatic carbocycles. The van der Waals surface area contributed by atoms with Crippen LogP contribution in [-0.4, -0.2) is 43.0 Å². The second kappa shape index (κ2) is 9.82. The smallest absolute Gasteiger partial charge is 0.223 e. The Morgan fingerprint density at radius 2 is 1.85 bits per heavy atom. The Hall–Kier alpha value is -0.0300. The van der Waals surface area contributed by atoms with Crippen LogP contribution < -0.4 is 11.1 Å². The number of rotatable bonds is 4. The highest BCUT2D eigenvalue weighted by molar-refractivity contribution is 5.85. The fraction of sp³-hybridized carbons (Fsp3) is 0.929. The van der Waals surface area contributed by atoms with Crippen LogP contribution in [0.25, 0.3) is 0 Å². The third-order valence-corrected chi connectivity index (χ3v) is 4.45. The molecule has 0 spiro atoms. The summed E-state index contributed by atoms with van der Waals surface area (Å²) in [6.45, 7) is 6.48. The number of nitrogens with zero attached hydrogens (tertiary/aromatic N) is 1. The highest BCUT2D eigenvalue weighted by Gasteiger charge is 2.27. The third-order valence-electron chi connectivity index (χ3n) is 4.45. The van der Waals surface area contributed by atoms with Crippen LogP contribution in [0.3, 0.4) is 0 Å². The van der Waals surface area contributed by atoms with Crippen LogP contribution >= 0.6 is 24.8 Å². The van der Waals surface area contributed by atoms with Crippen LogP contribution in [0.5, 0.6) is 0 Å². The minimum atomic E-state index is 0. The summed E-state index contributed by atoms with van der Waals surface area (Å²) in [7, 11) is 0. The lowest BCUT2D eigenvalue weighted by atomic mass is 9.99. The van der Waals surface area contributed by atoms with Crippen molar-refractivity contribution in [3.63, 3.8) is 0 Å². The molecule has 1 aliphatic heterocycles. The number of piperidine rings is 1. The van der Waals surface area contributed by atoms with Crippen LogP contribution in [0, 0.1) is 11.8 Å². The molecule has 20 heavy (non-hydrogen) atoms. The molecule has 0 aromatic carbocycles. The number of likely N-dealkylation sites (tertiary alicyclic amines) is 1. The normalized spacial score (nSPS) is 27.5. The molecule has 2 atom stereocenters. The van der Waals surface area contributed by atoms with Crippen LogP contribution in [-0.2, 0) is 4.79 Å². The van der Waals surface area contributed by atoms with Crippen molar-refractivity contribution in [2.75, 3.05) is 26.2 Å². The van der Waals surface area contributed by atoms with Crippen LogP contribution in [0.4, 0.5) is 0 Å². The lowest BCUT2D eigenvalue weighted by molar-refractivity contribution is -0.124. The van der Waals surface area contributed by atoms with Gasteiger partial charge in [0.1, 0.15) is 0 Å². The molecule has 2 unspecified atom stereocenters. The lowest BCUT2D eigenvalue weighted by Gasteiger charge is -2.30. The summed E-state index contributed by atoms with van der Waals surface area (Å²) < 4.78 is 0. The monoisotopic (exact) mass is 325 g/mol. The Kier molecular flexibility index (Phi) is 9.81. The van der Waals surface area contributed by atoms with Gasteiger partial charge in [0.05, 0.1) is 0 Å². The molecule has 2 rings (SSSR count). The molecule has 1 saturated carbocycles. The Bertz CT molecular complexity index is 284. The molecular formula is C14H29Cl2N3O. The molecular weight excluding hydrogens is 297 g/mol. The molecule has 6 heteroatoms. The summed E-state index contributed by atoms with van der Waals surface area (Å²) in [6.07, 6.45) is 5.43. The highest BCUT2D eigenvalue weighted by Crippen LogP contribution is 2.23. The van der Waals surface area contributed by atoms with Gasteiger partial charge in [-0.2, -0.15) is 0 Å². The zero-order valence-electron chi connectivity index (χ0n) is 12.3. The predicted octanol–water partition coefficient (Wildman–Crippen LogP) is 1.81. The number of hydrogen-bond donors (Lipinski definition) is 2. The van der Waals surface area contributed by atoms with Crippen molar-refractivity contribution in [1.82, 2.24) is 10.2 Å². The Morgan fingerprint density at radius 1 is 1.20 bits per heavy atom. The predicted molar refractivity (Wildman–Crippen MR) is 87.7 cm³/mol. The molecule has 1 amide bonds. The number of carbonyl (C=O) groups is 1. The SMILES string of the molecule is CC1CCN(CCNC(=O)C2CCC(N)C2)CC1.Cl.Cl. The molecule has 2 fully saturated rings. The summed E-state index contributed by atoms with van der Waals surface area (Å²) in [5, 5.41) is 3.07. The maximum atomic E-state index is 11.9. The minimum absolute atomic E-state index is 0. The molecule has 0 aromatic rings. The van der Waals surface area contributed by atoms with Crippen molar-refractivity contribution >= 4 is 30.7 Å². The van der Waals surface area contributed by atoms with Gasteiger partial charge in [-0.05, 0) is 51.1 Å². The summed E-state index contributed by atoms with van der Waals surface area (Å²) in [6, 6.07) is 0.240. The number of nitrogens with one attached hydrogen (secondary N) is 1. The van der Waals surface area contributed by atoms with E-state index in [1.165, 1.54) is 25.9 Å². The highest BCUT2D eigenvalue weighted by atomic mass is 35.5. The van der Waals surface area contributed by atoms with Crippen molar-refractivity contribution in [3.8, 4) is 0 Å². The standard InChI is InChI=1S/C14H27N3O.2ClH/c1-11-4-7-17(8-5-11)9-6-16-14(18)12-2-3-13(15)10-12;;/h11-13H,2-10,15H2,1H3,(H,16,18);2*1H. The quantitative estimate of drug-likeness (QED) is 0.828. The first kappa shape index (κ1) is 20.0. The maximum Gasteiger partial charge on any atom is 0.223 e. The number of amides is 1. The Labute approximate surface area is 135 Å². The average Bonchev–Trinajstić information content (AvgIpc) is 2.78. The van der Waals surface area contributed by atoms with E-state index in [9.17, 15) is 4.79 Å². The fourth-order valence-corrected chi connectivity index (χ4v) is 3.02. The minimum Gasteiger partial charge on any atom is -0.355 e. The van der Waals surface area contributed by atoms with Crippen LogP contribution in [0.1, 0.15) is 39.0 Å². The van der Waals surface area contributed by atoms with Gasteiger partial charge in [-0.3, -0.25) is 4.79 Å². The molecule has 4 nitrogen and oxygen atoms in total. The van der Waals surface area contributed by atoms with E-state index < -0.39 is 0 Å². The number of carbonyl (C=O) groups excluding carboxylic acids is 1. The molecule has 3 N–H and O–H groups in total.